The molecule has 0 spiro atoms. The molecule has 0 aliphatic rings. The van der Waals surface area contributed by atoms with E-state index in [0.29, 0.717) is 22.1 Å². The van der Waals surface area contributed by atoms with Crippen LogP contribution >= 0.6 is 23.4 Å². The molecule has 158 valence electrons. The number of thioether (sulfide) groups is 1. The normalized spacial score (nSPS) is 11.1. The number of aromatic nitrogens is 4. The van der Waals surface area contributed by atoms with Gasteiger partial charge >= 0.3 is 0 Å². The number of H-pyrrole nitrogens is 1. The van der Waals surface area contributed by atoms with Crippen LogP contribution in [0.3, 0.4) is 0 Å². The van der Waals surface area contributed by atoms with Gasteiger partial charge in [-0.25, -0.2) is 14.0 Å². The predicted octanol–water partition coefficient (Wildman–Crippen LogP) is 4.17. The van der Waals surface area contributed by atoms with Crippen LogP contribution in [0.25, 0.3) is 16.8 Å². The van der Waals surface area contributed by atoms with E-state index in [1.165, 1.54) is 28.3 Å². The molecule has 0 fully saturated rings. The van der Waals surface area contributed by atoms with Crippen LogP contribution < -0.4 is 10.9 Å². The highest BCUT2D eigenvalue weighted by atomic mass is 35.5. The summed E-state index contributed by atoms with van der Waals surface area (Å²) in [6, 6.07) is 13.6. The monoisotopic (exact) mass is 457 g/mol. The Labute approximate surface area is 185 Å². The number of aryl methyl sites for hydroxylation is 1. The first-order chi connectivity index (χ1) is 14.9. The van der Waals surface area contributed by atoms with Crippen molar-refractivity contribution in [2.24, 2.45) is 0 Å². The van der Waals surface area contributed by atoms with Gasteiger partial charge in [0.25, 0.3) is 5.56 Å². The van der Waals surface area contributed by atoms with E-state index in [1.807, 2.05) is 24.3 Å². The van der Waals surface area contributed by atoms with Crippen LogP contribution in [-0.4, -0.2) is 31.5 Å². The molecule has 0 atom stereocenters. The van der Waals surface area contributed by atoms with Gasteiger partial charge in [-0.3, -0.25) is 9.59 Å². The number of carbonyl (C=O) groups is 1. The van der Waals surface area contributed by atoms with E-state index < -0.39 is 5.82 Å². The van der Waals surface area contributed by atoms with Crippen LogP contribution in [-0.2, 0) is 11.2 Å². The van der Waals surface area contributed by atoms with Gasteiger partial charge < -0.3 is 5.32 Å². The molecule has 4 aromatic rings. The van der Waals surface area contributed by atoms with Gasteiger partial charge in [-0.05, 0) is 36.2 Å². The van der Waals surface area contributed by atoms with Crippen molar-refractivity contribution in [1.82, 2.24) is 19.8 Å². The number of anilines is 1. The summed E-state index contributed by atoms with van der Waals surface area (Å²) in [6.45, 7) is 2.08. The van der Waals surface area contributed by atoms with E-state index in [4.69, 9.17) is 11.6 Å². The van der Waals surface area contributed by atoms with Crippen LogP contribution in [0.4, 0.5) is 10.1 Å². The van der Waals surface area contributed by atoms with Crippen LogP contribution in [0.1, 0.15) is 12.5 Å². The lowest BCUT2D eigenvalue weighted by atomic mass is 10.1. The van der Waals surface area contributed by atoms with Crippen LogP contribution in [0.5, 0.6) is 0 Å². The highest BCUT2D eigenvalue weighted by Crippen LogP contribution is 2.23. The Balaban J connectivity index is 1.54. The molecule has 7 nitrogen and oxygen atoms in total. The van der Waals surface area contributed by atoms with E-state index in [2.05, 4.69) is 27.5 Å². The summed E-state index contributed by atoms with van der Waals surface area (Å²) < 4.78 is 14.7. The van der Waals surface area contributed by atoms with Gasteiger partial charge in [-0.1, -0.05) is 54.6 Å². The molecule has 0 bridgehead atoms. The lowest BCUT2D eigenvalue weighted by molar-refractivity contribution is -0.113. The van der Waals surface area contributed by atoms with Crippen molar-refractivity contribution in [3.05, 3.63) is 75.3 Å². The number of aromatic amines is 1. The van der Waals surface area contributed by atoms with E-state index >= 15 is 0 Å². The Hall–Kier alpha value is -3.17. The summed E-state index contributed by atoms with van der Waals surface area (Å²) in [4.78, 5) is 24.5. The van der Waals surface area contributed by atoms with Crippen molar-refractivity contribution in [1.29, 1.82) is 0 Å². The maximum absolute atomic E-state index is 13.3. The van der Waals surface area contributed by atoms with Gasteiger partial charge in [0.1, 0.15) is 11.3 Å². The minimum Gasteiger partial charge on any atom is -0.325 e. The summed E-state index contributed by atoms with van der Waals surface area (Å²) in [7, 11) is 0. The largest absolute Gasteiger partial charge is 0.325 e. The van der Waals surface area contributed by atoms with Crippen LogP contribution in [0.15, 0.2) is 58.5 Å². The topological polar surface area (TPSA) is 92.1 Å². The fourth-order valence-corrected chi connectivity index (χ4v) is 3.82. The molecule has 2 aromatic heterocycles. The summed E-state index contributed by atoms with van der Waals surface area (Å²) >= 11 is 6.84. The smallest absolute Gasteiger partial charge is 0.290 e. The third kappa shape index (κ3) is 4.62. The number of nitrogens with one attached hydrogen (secondary N) is 2. The standard InChI is InChI=1S/C21H17ClFN5O2S/c1-2-12-3-5-13(6-4-12)17-10-18-20(30)25-26-21(28(18)27-17)31-11-19(29)24-14-7-8-16(23)15(22)9-14/h3-10H,2,11H2,1H3,(H,24,29)(H,25,30). The number of nitrogens with zero attached hydrogens (tertiary/aromatic N) is 3. The zero-order valence-corrected chi connectivity index (χ0v) is 17.9. The number of benzene rings is 2. The second kappa shape index (κ2) is 8.91. The first-order valence-electron chi connectivity index (χ1n) is 9.40. The highest BCUT2D eigenvalue weighted by Gasteiger charge is 2.14. The van der Waals surface area contributed by atoms with Crippen molar-refractivity contribution in [3.8, 4) is 11.3 Å². The summed E-state index contributed by atoms with van der Waals surface area (Å²) in [6.07, 6.45) is 0.933. The van der Waals surface area contributed by atoms with E-state index in [-0.39, 0.29) is 22.2 Å². The molecule has 10 heteroatoms. The number of halogens is 2. The van der Waals surface area contributed by atoms with Gasteiger partial charge in [0.15, 0.2) is 0 Å². The number of amides is 1. The fraction of sp³-hybridized carbons (Fsp3) is 0.143. The number of hydrogen-bond acceptors (Lipinski definition) is 5. The minimum atomic E-state index is -0.562. The second-order valence-corrected chi connectivity index (χ2v) is 8.03. The third-order valence-corrected chi connectivity index (χ3v) is 5.79. The SMILES string of the molecule is CCc1ccc(-c2cc3c(=O)[nH]nc(SCC(=O)Nc4ccc(F)c(Cl)c4)n3n2)cc1. The summed E-state index contributed by atoms with van der Waals surface area (Å²) in [5.74, 6) is -0.896. The lowest BCUT2D eigenvalue weighted by Crippen LogP contribution is -2.17. The Morgan fingerprint density at radius 3 is 2.71 bits per heavy atom. The first kappa shape index (κ1) is 21.1. The van der Waals surface area contributed by atoms with Gasteiger partial charge in [0.05, 0.1) is 16.5 Å². The number of rotatable bonds is 6. The molecule has 0 saturated carbocycles. The fourth-order valence-electron chi connectivity index (χ4n) is 2.94. The molecule has 4 rings (SSSR count). The minimum absolute atomic E-state index is 0.00350. The summed E-state index contributed by atoms with van der Waals surface area (Å²) in [5.41, 5.74) is 3.05. The lowest BCUT2D eigenvalue weighted by Gasteiger charge is -2.06. The molecule has 0 radical (unpaired) electrons. The molecule has 31 heavy (non-hydrogen) atoms. The average molecular weight is 458 g/mol. The number of hydrogen-bond donors (Lipinski definition) is 2. The van der Waals surface area contributed by atoms with Crippen molar-refractivity contribution < 1.29 is 9.18 Å². The molecule has 2 aromatic carbocycles. The second-order valence-electron chi connectivity index (χ2n) is 6.68. The van der Waals surface area contributed by atoms with Gasteiger partial charge in [0.2, 0.25) is 11.1 Å². The van der Waals surface area contributed by atoms with E-state index in [0.717, 1.165) is 23.7 Å². The van der Waals surface area contributed by atoms with Crippen molar-refractivity contribution in [2.45, 2.75) is 18.5 Å². The van der Waals surface area contributed by atoms with Crippen molar-refractivity contribution in [3.63, 3.8) is 0 Å². The predicted molar refractivity (Wildman–Crippen MR) is 119 cm³/mol. The Bertz CT molecular complexity index is 1320. The third-order valence-electron chi connectivity index (χ3n) is 4.57. The molecular formula is C21H17ClFN5O2S. The van der Waals surface area contributed by atoms with Gasteiger partial charge in [-0.15, -0.1) is 5.10 Å². The molecular weight excluding hydrogens is 441 g/mol. The molecule has 0 aliphatic heterocycles. The first-order valence-corrected chi connectivity index (χ1v) is 10.8. The molecule has 2 heterocycles. The molecule has 2 N–H and O–H groups in total. The average Bonchev–Trinajstić information content (AvgIpc) is 3.22. The zero-order valence-electron chi connectivity index (χ0n) is 16.4. The molecule has 0 saturated heterocycles. The van der Waals surface area contributed by atoms with Crippen LogP contribution in [0.2, 0.25) is 5.02 Å². The maximum atomic E-state index is 13.3. The van der Waals surface area contributed by atoms with Crippen LogP contribution in [0, 0.1) is 5.82 Å². The zero-order chi connectivity index (χ0) is 22.0. The maximum Gasteiger partial charge on any atom is 0.290 e. The quantitative estimate of drug-likeness (QED) is 0.424. The molecule has 0 aliphatic carbocycles. The molecule has 0 unspecified atom stereocenters. The Kier molecular flexibility index (Phi) is 6.06. The van der Waals surface area contributed by atoms with Crippen molar-refractivity contribution >= 4 is 40.5 Å². The van der Waals surface area contributed by atoms with E-state index in [9.17, 15) is 14.0 Å². The van der Waals surface area contributed by atoms with Gasteiger partial charge in [-0.2, -0.15) is 5.10 Å². The van der Waals surface area contributed by atoms with E-state index in [1.54, 1.807) is 6.07 Å². The Morgan fingerprint density at radius 2 is 2.00 bits per heavy atom. The number of fused-ring (bicyclic) bond motifs is 1. The number of carbonyl (C=O) groups excluding carboxylic acids is 1. The van der Waals surface area contributed by atoms with Gasteiger partial charge in [0, 0.05) is 11.3 Å². The summed E-state index contributed by atoms with van der Waals surface area (Å²) in [5, 5.41) is 13.9. The highest BCUT2D eigenvalue weighted by molar-refractivity contribution is 7.99. The van der Waals surface area contributed by atoms with Crippen molar-refractivity contribution in [2.75, 3.05) is 11.1 Å². The molecule has 1 amide bonds. The Morgan fingerprint density at radius 1 is 1.23 bits per heavy atom.